The van der Waals surface area contributed by atoms with E-state index in [9.17, 15) is 0 Å². The van der Waals surface area contributed by atoms with Crippen LogP contribution in [0.15, 0.2) is 279 Å². The molecular weight excluding hydrogens is 1180 g/mol. The molecule has 0 aromatic heterocycles. The molecule has 0 N–H and O–H groups in total. The summed E-state index contributed by atoms with van der Waals surface area (Å²) in [5.74, 6) is 0. The van der Waals surface area contributed by atoms with E-state index in [4.69, 9.17) is 0 Å². The van der Waals surface area contributed by atoms with E-state index in [-0.39, 0.29) is 0 Å². The molecule has 0 saturated heterocycles. The summed E-state index contributed by atoms with van der Waals surface area (Å²) in [5, 5.41) is 49.0. The highest BCUT2D eigenvalue weighted by atomic mass is 14.2. The van der Waals surface area contributed by atoms with Crippen LogP contribution in [-0.4, -0.2) is 0 Å². The van der Waals surface area contributed by atoms with Crippen LogP contribution in [0.5, 0.6) is 0 Å². The van der Waals surface area contributed by atoms with Crippen molar-refractivity contribution in [2.45, 2.75) is 55.4 Å². The van der Waals surface area contributed by atoms with E-state index in [0.29, 0.717) is 0 Å². The first-order chi connectivity index (χ1) is 47.8. The molecule has 0 aliphatic carbocycles. The van der Waals surface area contributed by atoms with Gasteiger partial charge in [0.15, 0.2) is 0 Å². The van der Waals surface area contributed by atoms with Gasteiger partial charge in [-0.3, -0.25) is 0 Å². The van der Waals surface area contributed by atoms with Gasteiger partial charge < -0.3 is 0 Å². The van der Waals surface area contributed by atoms with E-state index >= 15 is 0 Å². The highest BCUT2D eigenvalue weighted by Gasteiger charge is 2.22. The van der Waals surface area contributed by atoms with Crippen molar-refractivity contribution < 1.29 is 0 Å². The van der Waals surface area contributed by atoms with E-state index in [1.54, 1.807) is 0 Å². The first-order valence-electron chi connectivity index (χ1n) is 34.7. The molecule has 0 atom stereocenters. The van der Waals surface area contributed by atoms with Gasteiger partial charge in [-0.15, -0.1) is 0 Å². The minimum Gasteiger partial charge on any atom is -0.0616 e. The molecule has 0 fully saturated rings. The molecule has 0 saturated carbocycles. The lowest BCUT2D eigenvalue weighted by Crippen LogP contribution is -1.94. The van der Waals surface area contributed by atoms with Gasteiger partial charge in [-0.05, 0) is 379 Å². The maximum atomic E-state index is 2.37. The number of fused-ring (bicyclic) bond motifs is 12. The van der Waals surface area contributed by atoms with Crippen LogP contribution in [0.1, 0.15) is 44.5 Å². The van der Waals surface area contributed by atoms with Crippen LogP contribution in [0.25, 0.3) is 194 Å². The average molecular weight is 1250 g/mol. The Labute approximate surface area is 569 Å². The van der Waals surface area contributed by atoms with Crippen molar-refractivity contribution in [3.05, 3.63) is 324 Å². The Kier molecular flexibility index (Phi) is 12.9. The summed E-state index contributed by atoms with van der Waals surface area (Å²) < 4.78 is 0. The Bertz CT molecular complexity index is 6580. The van der Waals surface area contributed by atoms with Gasteiger partial charge in [0.25, 0.3) is 0 Å². The van der Waals surface area contributed by atoms with E-state index < -0.39 is 0 Å². The number of rotatable bonds is 0. The van der Waals surface area contributed by atoms with Crippen molar-refractivity contribution in [1.82, 2.24) is 0 Å². The van der Waals surface area contributed by atoms with Gasteiger partial charge in [-0.25, -0.2) is 0 Å². The molecule has 22 aromatic rings. The lowest BCUT2D eigenvalue weighted by atomic mass is 9.81. The molecular formula is C98H70. The predicted octanol–water partition coefficient (Wildman–Crippen LogP) is 28.3. The highest BCUT2D eigenvalue weighted by Crippen LogP contribution is 2.50. The number of benzene rings is 22. The summed E-state index contributed by atoms with van der Waals surface area (Å²) >= 11 is 0. The summed E-state index contributed by atoms with van der Waals surface area (Å²) in [4.78, 5) is 0. The van der Waals surface area contributed by atoms with Gasteiger partial charge in [0.2, 0.25) is 0 Å². The molecule has 0 bridgehead atoms. The molecule has 0 heteroatoms. The molecule has 98 heavy (non-hydrogen) atoms. The maximum absolute atomic E-state index is 2.37. The normalized spacial score (nSPS) is 12.1. The molecule has 0 aliphatic heterocycles. The third-order valence-electron chi connectivity index (χ3n) is 22.5. The Morgan fingerprint density at radius 3 is 0.673 bits per heavy atom. The topological polar surface area (TPSA) is 0 Å². The first kappa shape index (κ1) is 57.7. The van der Waals surface area contributed by atoms with Crippen LogP contribution in [0.4, 0.5) is 0 Å². The summed E-state index contributed by atoms with van der Waals surface area (Å²) in [6.45, 7) is 17.9. The molecule has 0 amide bonds. The first-order valence-corrected chi connectivity index (χ1v) is 34.7. The lowest BCUT2D eigenvalue weighted by molar-refractivity contribution is 1.47. The monoisotopic (exact) mass is 1250 g/mol. The van der Waals surface area contributed by atoms with E-state index in [0.717, 1.165) is 0 Å². The second-order valence-corrected chi connectivity index (χ2v) is 28.2. The molecule has 0 unspecified atom stereocenters. The van der Waals surface area contributed by atoms with Crippen LogP contribution in [-0.2, 0) is 0 Å². The summed E-state index contributed by atoms with van der Waals surface area (Å²) in [7, 11) is 0. The van der Waals surface area contributed by atoms with Crippen molar-refractivity contribution in [1.29, 1.82) is 0 Å². The van der Waals surface area contributed by atoms with Crippen LogP contribution < -0.4 is 0 Å². The Balaban J connectivity index is 0.0000000916. The largest absolute Gasteiger partial charge is 0.0616 e. The minimum atomic E-state index is 1.30. The average Bonchev–Trinajstić information content (AvgIpc) is 0.681. The number of hydrogen-bond acceptors (Lipinski definition) is 0. The van der Waals surface area contributed by atoms with Crippen molar-refractivity contribution in [3.63, 3.8) is 0 Å². The molecule has 22 rings (SSSR count). The zero-order valence-electron chi connectivity index (χ0n) is 56.6. The predicted molar refractivity (Wildman–Crippen MR) is 432 cm³/mol. The van der Waals surface area contributed by atoms with Crippen LogP contribution in [0.3, 0.4) is 0 Å². The second kappa shape index (κ2) is 21.9. The van der Waals surface area contributed by atoms with Crippen molar-refractivity contribution >= 4 is 194 Å². The fourth-order valence-electron chi connectivity index (χ4n) is 17.3. The van der Waals surface area contributed by atoms with Gasteiger partial charge >= 0.3 is 0 Å². The summed E-state index contributed by atoms with van der Waals surface area (Å²) in [6.07, 6.45) is 0. The summed E-state index contributed by atoms with van der Waals surface area (Å²) in [5.41, 5.74) is 10.9. The molecule has 0 radical (unpaired) electrons. The second-order valence-electron chi connectivity index (χ2n) is 28.2. The summed E-state index contributed by atoms with van der Waals surface area (Å²) in [6, 6.07) is 104. The fourth-order valence-corrected chi connectivity index (χ4v) is 17.3. The molecule has 0 spiro atoms. The number of aryl methyl sites for hydroxylation is 8. The van der Waals surface area contributed by atoms with E-state index in [1.165, 1.54) is 238 Å². The Morgan fingerprint density at radius 2 is 0.347 bits per heavy atom. The standard InChI is InChI=1S/C26H16.3C24H18/c1-13-11-17-5-6-18-12-14(2)20-10-8-16-4-3-15-7-9-19(13)25-21(15)22(16)26(20)24(18)23(17)25;1-15-21-11-17-7-3-5-9-19(17)13-23(21)16(2)24-14-20-10-6-4-8-18(20)12-22(15)24;1-15-21-9-5-6-10-22(21)16(2)24-14-20-12-18-8-4-3-7-17(18)11-19(20)13-23(15)24;1-15-7-8-16(2)24-14-22-12-20-10-18-6-4-3-5-17(18)9-19(20)11-21(22)13-23(15)24/h3-12H,1-2H3;3*3-14H,1-2H3. The van der Waals surface area contributed by atoms with Gasteiger partial charge in [-0.1, -0.05) is 194 Å². The van der Waals surface area contributed by atoms with Crippen LogP contribution >= 0.6 is 0 Å². The van der Waals surface area contributed by atoms with Crippen molar-refractivity contribution in [2.24, 2.45) is 0 Å². The van der Waals surface area contributed by atoms with Crippen molar-refractivity contribution in [2.75, 3.05) is 0 Å². The number of hydrogen-bond donors (Lipinski definition) is 0. The van der Waals surface area contributed by atoms with Gasteiger partial charge in [0.05, 0.1) is 0 Å². The van der Waals surface area contributed by atoms with Gasteiger partial charge in [-0.2, -0.15) is 0 Å². The quantitative estimate of drug-likeness (QED) is 0.105. The van der Waals surface area contributed by atoms with Crippen molar-refractivity contribution in [3.8, 4) is 0 Å². The SMILES string of the molecule is Cc1c2cc3ccccc3cc2c(C)c2cc3ccccc3cc12.Cc1c2ccccc2c(C)c2cc3cc4ccccc4cc3cc12.Cc1cc2ccc3cc(C)c4ccc5ccc6ccc1c1c6c5c4c3c21.Cc1ccc(C)c2cc3cc4cc5ccccc5cc4cc3cc12. The third kappa shape index (κ3) is 8.90. The molecule has 22 aromatic carbocycles. The van der Waals surface area contributed by atoms with E-state index in [2.05, 4.69) is 334 Å². The highest BCUT2D eigenvalue weighted by molar-refractivity contribution is 6.45. The fraction of sp³-hybridized carbons (Fsp3) is 0.0816. The van der Waals surface area contributed by atoms with Crippen LogP contribution in [0, 0.1) is 55.4 Å². The Morgan fingerprint density at radius 1 is 0.122 bits per heavy atom. The molecule has 0 aliphatic rings. The van der Waals surface area contributed by atoms with Crippen LogP contribution in [0.2, 0.25) is 0 Å². The minimum absolute atomic E-state index is 1.30. The smallest absolute Gasteiger partial charge is 0.00112 e. The molecule has 0 nitrogen and oxygen atoms in total. The zero-order chi connectivity index (χ0) is 65.9. The Hall–Kier alpha value is -11.7. The maximum Gasteiger partial charge on any atom is -0.00112 e. The molecule has 0 heterocycles. The third-order valence-corrected chi connectivity index (χ3v) is 22.5. The lowest BCUT2D eigenvalue weighted by Gasteiger charge is -2.22. The van der Waals surface area contributed by atoms with Gasteiger partial charge in [0.1, 0.15) is 0 Å². The van der Waals surface area contributed by atoms with Gasteiger partial charge in [0, 0.05) is 0 Å². The zero-order valence-corrected chi connectivity index (χ0v) is 56.6. The van der Waals surface area contributed by atoms with E-state index in [1.807, 2.05) is 0 Å². The molecule has 462 valence electrons.